The Bertz CT molecular complexity index is 666. The second-order valence-electron chi connectivity index (χ2n) is 12.0. The lowest BCUT2D eigenvalue weighted by molar-refractivity contribution is -0.207. The minimum absolute atomic E-state index is 0.0902. The molecule has 0 bridgehead atoms. The number of rotatable bonds is 4. The van der Waals surface area contributed by atoms with Crippen molar-refractivity contribution in [3.63, 3.8) is 0 Å². The van der Waals surface area contributed by atoms with Crippen molar-refractivity contribution in [3.05, 3.63) is 0 Å². The Morgan fingerprint density at radius 2 is 1.70 bits per heavy atom. The SMILES string of the molecule is C[C@H](C[C@H](C)C(=O)O)C1CCC2C3C(C[C@H](O)[C@@]21C)[C@@]1(C)CC[C@@H](O)C[C@H]1C[C@H]3O. The van der Waals surface area contributed by atoms with Gasteiger partial charge in [0.1, 0.15) is 0 Å². The van der Waals surface area contributed by atoms with Crippen molar-refractivity contribution in [1.29, 1.82) is 0 Å². The Morgan fingerprint density at radius 3 is 2.37 bits per heavy atom. The van der Waals surface area contributed by atoms with Crippen LogP contribution in [0.15, 0.2) is 0 Å². The van der Waals surface area contributed by atoms with Crippen LogP contribution in [0.4, 0.5) is 0 Å². The van der Waals surface area contributed by atoms with Gasteiger partial charge < -0.3 is 20.4 Å². The van der Waals surface area contributed by atoms with E-state index in [1.807, 2.05) is 0 Å². The summed E-state index contributed by atoms with van der Waals surface area (Å²) in [7, 11) is 0. The van der Waals surface area contributed by atoms with Gasteiger partial charge in [0.05, 0.1) is 24.2 Å². The van der Waals surface area contributed by atoms with Crippen LogP contribution in [0.5, 0.6) is 0 Å². The first kappa shape index (κ1) is 22.5. The van der Waals surface area contributed by atoms with Gasteiger partial charge in [-0.15, -0.1) is 0 Å². The molecule has 5 heteroatoms. The highest BCUT2D eigenvalue weighted by atomic mass is 16.4. The average Bonchev–Trinajstić information content (AvgIpc) is 3.02. The fraction of sp³-hybridized carbons (Fsp3) is 0.960. The summed E-state index contributed by atoms with van der Waals surface area (Å²) >= 11 is 0. The van der Waals surface area contributed by atoms with E-state index in [-0.39, 0.29) is 40.8 Å². The fourth-order valence-corrected chi connectivity index (χ4v) is 8.95. The van der Waals surface area contributed by atoms with Crippen LogP contribution in [0, 0.1) is 52.3 Å². The summed E-state index contributed by atoms with van der Waals surface area (Å²) in [6.07, 6.45) is 5.75. The predicted octanol–water partition coefficient (Wildman–Crippen LogP) is 3.69. The van der Waals surface area contributed by atoms with Gasteiger partial charge in [0.2, 0.25) is 0 Å². The van der Waals surface area contributed by atoms with Crippen LogP contribution >= 0.6 is 0 Å². The summed E-state index contributed by atoms with van der Waals surface area (Å²) in [5, 5.41) is 42.4. The van der Waals surface area contributed by atoms with E-state index in [4.69, 9.17) is 0 Å². The van der Waals surface area contributed by atoms with E-state index in [9.17, 15) is 25.2 Å². The zero-order chi connectivity index (χ0) is 22.0. The van der Waals surface area contributed by atoms with E-state index in [1.54, 1.807) is 6.92 Å². The first-order chi connectivity index (χ1) is 14.0. The third-order valence-electron chi connectivity index (χ3n) is 10.7. The maximum atomic E-state index is 11.5. The number of carboxylic acid groups (broad SMARTS) is 1. The highest BCUT2D eigenvalue weighted by Gasteiger charge is 2.65. The van der Waals surface area contributed by atoms with Crippen LogP contribution in [0.1, 0.15) is 79.1 Å². The number of fused-ring (bicyclic) bond motifs is 5. The highest BCUT2D eigenvalue weighted by molar-refractivity contribution is 5.69. The molecule has 12 atom stereocenters. The number of aliphatic hydroxyl groups is 3. The van der Waals surface area contributed by atoms with Gasteiger partial charge in [0.25, 0.3) is 0 Å². The number of aliphatic hydroxyl groups excluding tert-OH is 3. The van der Waals surface area contributed by atoms with Gasteiger partial charge >= 0.3 is 5.97 Å². The van der Waals surface area contributed by atoms with Gasteiger partial charge in [-0.05, 0) is 97.7 Å². The molecule has 4 N–H and O–H groups in total. The third kappa shape index (κ3) is 3.26. The molecule has 4 fully saturated rings. The topological polar surface area (TPSA) is 98.0 Å². The van der Waals surface area contributed by atoms with Gasteiger partial charge in [-0.25, -0.2) is 0 Å². The molecular weight excluding hydrogens is 380 g/mol. The van der Waals surface area contributed by atoms with Gasteiger partial charge in [-0.3, -0.25) is 4.79 Å². The highest BCUT2D eigenvalue weighted by Crippen LogP contribution is 2.68. The minimum atomic E-state index is -0.744. The second kappa shape index (κ2) is 7.74. The smallest absolute Gasteiger partial charge is 0.306 e. The Hall–Kier alpha value is -0.650. The van der Waals surface area contributed by atoms with Crippen molar-refractivity contribution in [2.45, 2.75) is 97.4 Å². The van der Waals surface area contributed by atoms with Crippen molar-refractivity contribution in [3.8, 4) is 0 Å². The molecule has 0 aromatic carbocycles. The molecule has 4 saturated carbocycles. The fourth-order valence-electron chi connectivity index (χ4n) is 8.95. The first-order valence-corrected chi connectivity index (χ1v) is 12.3. The zero-order valence-corrected chi connectivity index (χ0v) is 19.1. The van der Waals surface area contributed by atoms with Gasteiger partial charge in [0, 0.05) is 0 Å². The number of aliphatic carboxylic acids is 1. The molecule has 30 heavy (non-hydrogen) atoms. The molecule has 0 saturated heterocycles. The molecule has 0 aromatic rings. The van der Waals surface area contributed by atoms with E-state index in [1.165, 1.54) is 0 Å². The lowest BCUT2D eigenvalue weighted by atomic mass is 9.43. The predicted molar refractivity (Wildman–Crippen MR) is 115 cm³/mol. The quantitative estimate of drug-likeness (QED) is 0.554. The van der Waals surface area contributed by atoms with E-state index in [0.29, 0.717) is 30.1 Å². The summed E-state index contributed by atoms with van der Waals surface area (Å²) in [5.41, 5.74) is -0.163. The number of carbonyl (C=O) groups is 1. The molecule has 0 amide bonds. The molecule has 4 aliphatic carbocycles. The molecule has 5 nitrogen and oxygen atoms in total. The van der Waals surface area contributed by atoms with Crippen LogP contribution < -0.4 is 0 Å². The zero-order valence-electron chi connectivity index (χ0n) is 19.1. The average molecular weight is 423 g/mol. The molecule has 4 rings (SSSR count). The summed E-state index contributed by atoms with van der Waals surface area (Å²) in [5.74, 6) is 0.567. The Labute approximate surface area is 181 Å². The lowest BCUT2D eigenvalue weighted by Crippen LogP contribution is -2.62. The van der Waals surface area contributed by atoms with Crippen molar-refractivity contribution in [2.75, 3.05) is 0 Å². The van der Waals surface area contributed by atoms with Crippen LogP contribution in [-0.2, 0) is 4.79 Å². The van der Waals surface area contributed by atoms with Gasteiger partial charge in [-0.1, -0.05) is 27.7 Å². The molecule has 4 unspecified atom stereocenters. The van der Waals surface area contributed by atoms with Crippen molar-refractivity contribution in [2.24, 2.45) is 52.3 Å². The summed E-state index contributed by atoms with van der Waals surface area (Å²) in [6.45, 7) is 8.52. The van der Waals surface area contributed by atoms with E-state index >= 15 is 0 Å². The Balaban J connectivity index is 1.61. The summed E-state index contributed by atoms with van der Waals surface area (Å²) in [6, 6.07) is 0. The van der Waals surface area contributed by atoms with Gasteiger partial charge in [0.15, 0.2) is 0 Å². The molecule has 4 aliphatic rings. The summed E-state index contributed by atoms with van der Waals surface area (Å²) < 4.78 is 0. The van der Waals surface area contributed by atoms with Crippen LogP contribution in [0.2, 0.25) is 0 Å². The largest absolute Gasteiger partial charge is 0.481 e. The Kier molecular flexibility index (Phi) is 5.81. The van der Waals surface area contributed by atoms with Crippen LogP contribution in [0.3, 0.4) is 0 Å². The molecule has 0 aliphatic heterocycles. The molecular formula is C25H42O5. The Morgan fingerprint density at radius 1 is 1.00 bits per heavy atom. The first-order valence-electron chi connectivity index (χ1n) is 12.3. The van der Waals surface area contributed by atoms with Crippen molar-refractivity contribution in [1.82, 2.24) is 0 Å². The molecule has 0 heterocycles. The summed E-state index contributed by atoms with van der Waals surface area (Å²) in [4.78, 5) is 11.4. The van der Waals surface area contributed by atoms with E-state index in [2.05, 4.69) is 20.8 Å². The van der Waals surface area contributed by atoms with Gasteiger partial charge in [-0.2, -0.15) is 0 Å². The van der Waals surface area contributed by atoms with E-state index in [0.717, 1.165) is 44.9 Å². The van der Waals surface area contributed by atoms with Crippen LogP contribution in [-0.4, -0.2) is 44.7 Å². The second-order valence-corrected chi connectivity index (χ2v) is 12.0. The van der Waals surface area contributed by atoms with Crippen molar-refractivity contribution < 1.29 is 25.2 Å². The standard InChI is InChI=1S/C25H42O5/c1-13(9-14(2)23(29)30)17-5-6-18-22-19(12-21(28)25(17,18)4)24(3)8-7-16(26)10-15(24)11-20(22)27/h13-22,26-28H,5-12H2,1-4H3,(H,29,30)/t13-,14+,15+,16-,17?,18?,19?,20-,21+,22?,24+,25-/m1/s1. The lowest BCUT2D eigenvalue weighted by Gasteiger charge is -2.63. The number of carboxylic acids is 1. The maximum absolute atomic E-state index is 11.5. The molecule has 0 aromatic heterocycles. The monoisotopic (exact) mass is 422 g/mol. The molecule has 0 radical (unpaired) electrons. The number of hydrogen-bond acceptors (Lipinski definition) is 4. The molecule has 172 valence electrons. The van der Waals surface area contributed by atoms with E-state index < -0.39 is 12.1 Å². The van der Waals surface area contributed by atoms with Crippen molar-refractivity contribution >= 4 is 5.97 Å². The number of hydrogen-bond donors (Lipinski definition) is 4. The van der Waals surface area contributed by atoms with Crippen LogP contribution in [0.25, 0.3) is 0 Å². The maximum Gasteiger partial charge on any atom is 0.306 e. The third-order valence-corrected chi connectivity index (χ3v) is 10.7. The minimum Gasteiger partial charge on any atom is -0.481 e. The normalized spacial score (nSPS) is 52.6. The molecule has 0 spiro atoms.